The van der Waals surface area contributed by atoms with E-state index in [4.69, 9.17) is 5.11 Å². The van der Waals surface area contributed by atoms with Crippen LogP contribution in [0.2, 0.25) is 0 Å². The van der Waals surface area contributed by atoms with Crippen LogP contribution in [0.5, 0.6) is 5.88 Å². The van der Waals surface area contributed by atoms with E-state index in [9.17, 15) is 18.0 Å². The summed E-state index contributed by atoms with van der Waals surface area (Å²) < 4.78 is 42.7. The smallest absolute Gasteiger partial charge is 0.388 e. The zero-order valence-corrected chi connectivity index (χ0v) is 11.7. The standard InChI is InChI=1S/C14H12F3N3O3/c15-9-5-18-11(23-14(16)17)4-8(9)12-7-2-1-6(13(21)22)3-10(7)19-20-12/h4-6,14H,1-3H2,(H,19,20)(H,21,22)/t6-/m1/s1. The summed E-state index contributed by atoms with van der Waals surface area (Å²) in [6.45, 7) is -3.06. The van der Waals surface area contributed by atoms with Crippen molar-refractivity contribution in [3.8, 4) is 17.1 Å². The minimum absolute atomic E-state index is 0.0121. The number of aromatic nitrogens is 3. The number of pyridine rings is 1. The highest BCUT2D eigenvalue weighted by molar-refractivity contribution is 5.72. The lowest BCUT2D eigenvalue weighted by molar-refractivity contribution is -0.142. The molecule has 1 aliphatic carbocycles. The van der Waals surface area contributed by atoms with E-state index in [1.165, 1.54) is 0 Å². The van der Waals surface area contributed by atoms with Gasteiger partial charge in [0.15, 0.2) is 5.82 Å². The molecule has 9 heteroatoms. The summed E-state index contributed by atoms with van der Waals surface area (Å²) in [5.41, 5.74) is 1.56. The van der Waals surface area contributed by atoms with Gasteiger partial charge in [-0.1, -0.05) is 0 Å². The van der Waals surface area contributed by atoms with Crippen LogP contribution in [0, 0.1) is 11.7 Å². The van der Waals surface area contributed by atoms with E-state index < -0.39 is 30.2 Å². The molecule has 2 aromatic heterocycles. The third kappa shape index (κ3) is 2.99. The van der Waals surface area contributed by atoms with Crippen molar-refractivity contribution in [3.05, 3.63) is 29.3 Å². The number of nitrogens with zero attached hydrogens (tertiary/aromatic N) is 2. The molecule has 0 bridgehead atoms. The molecule has 0 unspecified atom stereocenters. The maximum atomic E-state index is 14.0. The largest absolute Gasteiger partial charge is 0.481 e. The number of ether oxygens (including phenoxy) is 1. The number of alkyl halides is 2. The first kappa shape index (κ1) is 15.3. The van der Waals surface area contributed by atoms with Crippen molar-refractivity contribution in [2.45, 2.75) is 25.9 Å². The maximum Gasteiger partial charge on any atom is 0.388 e. The highest BCUT2D eigenvalue weighted by Crippen LogP contribution is 2.34. The van der Waals surface area contributed by atoms with Crippen molar-refractivity contribution >= 4 is 5.97 Å². The van der Waals surface area contributed by atoms with Gasteiger partial charge in [0.05, 0.1) is 17.8 Å². The molecule has 122 valence electrons. The summed E-state index contributed by atoms with van der Waals surface area (Å²) in [5.74, 6) is -2.54. The van der Waals surface area contributed by atoms with Gasteiger partial charge in [0.2, 0.25) is 5.88 Å². The molecular weight excluding hydrogens is 315 g/mol. The molecule has 6 nitrogen and oxygen atoms in total. The van der Waals surface area contributed by atoms with Gasteiger partial charge in [-0.25, -0.2) is 9.37 Å². The molecule has 0 radical (unpaired) electrons. The minimum Gasteiger partial charge on any atom is -0.481 e. The number of hydrogen-bond donors (Lipinski definition) is 2. The molecule has 0 spiro atoms. The lowest BCUT2D eigenvalue weighted by atomic mass is 9.86. The molecule has 0 saturated heterocycles. The third-order valence-corrected chi connectivity index (χ3v) is 3.79. The Kier molecular flexibility index (Phi) is 3.93. The average molecular weight is 327 g/mol. The van der Waals surface area contributed by atoms with Crippen LogP contribution in [0.25, 0.3) is 11.3 Å². The predicted molar refractivity (Wildman–Crippen MR) is 71.6 cm³/mol. The molecule has 2 N–H and O–H groups in total. The second-order valence-electron chi connectivity index (χ2n) is 5.19. The highest BCUT2D eigenvalue weighted by atomic mass is 19.3. The van der Waals surface area contributed by atoms with Crippen molar-refractivity contribution in [2.75, 3.05) is 0 Å². The molecule has 0 aromatic carbocycles. The summed E-state index contributed by atoms with van der Waals surface area (Å²) in [6, 6.07) is 1.06. The Balaban J connectivity index is 1.96. The second-order valence-corrected chi connectivity index (χ2v) is 5.19. The second kappa shape index (κ2) is 5.90. The number of fused-ring (bicyclic) bond motifs is 1. The van der Waals surface area contributed by atoms with Crippen LogP contribution in [0.1, 0.15) is 17.7 Å². The minimum atomic E-state index is -3.06. The number of hydrogen-bond acceptors (Lipinski definition) is 4. The van der Waals surface area contributed by atoms with Crippen molar-refractivity contribution < 1.29 is 27.8 Å². The lowest BCUT2D eigenvalue weighted by Gasteiger charge is -2.18. The number of H-pyrrole nitrogens is 1. The summed E-state index contributed by atoms with van der Waals surface area (Å²) in [5, 5.41) is 15.8. The van der Waals surface area contributed by atoms with E-state index in [0.29, 0.717) is 24.1 Å². The Morgan fingerprint density at radius 2 is 2.26 bits per heavy atom. The monoisotopic (exact) mass is 327 g/mol. The van der Waals surface area contributed by atoms with Gasteiger partial charge >= 0.3 is 12.6 Å². The molecule has 0 aliphatic heterocycles. The molecule has 3 rings (SSSR count). The van der Waals surface area contributed by atoms with Crippen molar-refractivity contribution in [3.63, 3.8) is 0 Å². The maximum absolute atomic E-state index is 14.0. The number of aromatic amines is 1. The van der Waals surface area contributed by atoms with E-state index >= 15 is 0 Å². The van der Waals surface area contributed by atoms with Gasteiger partial charge in [-0.15, -0.1) is 0 Å². The first-order chi connectivity index (χ1) is 11.0. The fourth-order valence-corrected chi connectivity index (χ4v) is 2.70. The third-order valence-electron chi connectivity index (χ3n) is 3.79. The van der Waals surface area contributed by atoms with Gasteiger partial charge in [-0.2, -0.15) is 13.9 Å². The first-order valence-corrected chi connectivity index (χ1v) is 6.85. The molecule has 0 saturated carbocycles. The van der Waals surface area contributed by atoms with Gasteiger partial charge in [-0.05, 0) is 12.8 Å². The molecule has 0 amide bonds. The number of carboxylic acid groups (broad SMARTS) is 1. The number of aliphatic carboxylic acids is 1. The van der Waals surface area contributed by atoms with Crippen LogP contribution in [-0.2, 0) is 17.6 Å². The van der Waals surface area contributed by atoms with Gasteiger partial charge in [0.25, 0.3) is 0 Å². The summed E-state index contributed by atoms with van der Waals surface area (Å²) in [7, 11) is 0. The quantitative estimate of drug-likeness (QED) is 0.900. The zero-order valence-electron chi connectivity index (χ0n) is 11.7. The van der Waals surface area contributed by atoms with Gasteiger partial charge in [-0.3, -0.25) is 9.89 Å². The average Bonchev–Trinajstić information content (AvgIpc) is 2.91. The normalized spacial score (nSPS) is 17.1. The summed E-state index contributed by atoms with van der Waals surface area (Å²) in [6.07, 6.45) is 1.87. The highest BCUT2D eigenvalue weighted by Gasteiger charge is 2.29. The molecule has 2 heterocycles. The van der Waals surface area contributed by atoms with Crippen LogP contribution >= 0.6 is 0 Å². The number of carboxylic acids is 1. The summed E-state index contributed by atoms with van der Waals surface area (Å²) >= 11 is 0. The molecule has 1 aliphatic rings. The van der Waals surface area contributed by atoms with Crippen molar-refractivity contribution in [1.82, 2.24) is 15.2 Å². The van der Waals surface area contributed by atoms with Gasteiger partial charge in [0.1, 0.15) is 0 Å². The fourth-order valence-electron chi connectivity index (χ4n) is 2.70. The molecule has 1 atom stereocenters. The predicted octanol–water partition coefficient (Wildman–Crippen LogP) is 2.40. The van der Waals surface area contributed by atoms with E-state index in [0.717, 1.165) is 12.3 Å². The van der Waals surface area contributed by atoms with E-state index in [1.807, 2.05) is 0 Å². The topological polar surface area (TPSA) is 88.1 Å². The number of nitrogens with one attached hydrogen (secondary N) is 1. The van der Waals surface area contributed by atoms with Crippen LogP contribution < -0.4 is 4.74 Å². The SMILES string of the molecule is O=C(O)[C@@H]1CCc2c(-c3cc(OC(F)F)ncc3F)n[nH]c2C1. The first-order valence-electron chi connectivity index (χ1n) is 6.85. The Morgan fingerprint density at radius 1 is 1.48 bits per heavy atom. The van der Waals surface area contributed by atoms with Crippen LogP contribution in [-0.4, -0.2) is 32.9 Å². The van der Waals surface area contributed by atoms with Gasteiger partial charge in [0, 0.05) is 29.3 Å². The Hall–Kier alpha value is -2.58. The Morgan fingerprint density at radius 3 is 2.96 bits per heavy atom. The van der Waals surface area contributed by atoms with Crippen LogP contribution in [0.15, 0.2) is 12.3 Å². The number of carbonyl (C=O) groups is 1. The van der Waals surface area contributed by atoms with Crippen molar-refractivity contribution in [2.24, 2.45) is 5.92 Å². The number of halogens is 3. The van der Waals surface area contributed by atoms with Gasteiger partial charge < -0.3 is 9.84 Å². The van der Waals surface area contributed by atoms with Crippen LogP contribution in [0.3, 0.4) is 0 Å². The summed E-state index contributed by atoms with van der Waals surface area (Å²) in [4.78, 5) is 14.5. The molecule has 0 fully saturated rings. The zero-order chi connectivity index (χ0) is 16.6. The van der Waals surface area contributed by atoms with E-state index in [1.54, 1.807) is 0 Å². The Bertz CT molecular complexity index is 748. The van der Waals surface area contributed by atoms with Crippen molar-refractivity contribution in [1.29, 1.82) is 0 Å². The molecule has 23 heavy (non-hydrogen) atoms. The fraction of sp³-hybridized carbons (Fsp3) is 0.357. The molecule has 2 aromatic rings. The van der Waals surface area contributed by atoms with E-state index in [-0.39, 0.29) is 17.7 Å². The van der Waals surface area contributed by atoms with E-state index in [2.05, 4.69) is 19.9 Å². The molecular formula is C14H12F3N3O3. The Labute approximate surface area is 128 Å². The number of rotatable bonds is 4. The van der Waals surface area contributed by atoms with Crippen LogP contribution in [0.4, 0.5) is 13.2 Å². The lowest BCUT2D eigenvalue weighted by Crippen LogP contribution is -2.22.